The van der Waals surface area contributed by atoms with Gasteiger partial charge in [-0.15, -0.1) is 0 Å². The van der Waals surface area contributed by atoms with Crippen LogP contribution in [0.25, 0.3) is 0 Å². The van der Waals surface area contributed by atoms with E-state index in [1.807, 2.05) is 6.07 Å². The van der Waals surface area contributed by atoms with Gasteiger partial charge in [0.25, 0.3) is 0 Å². The molecule has 0 aromatic carbocycles. The lowest BCUT2D eigenvalue weighted by molar-refractivity contribution is 0.000529. The van der Waals surface area contributed by atoms with Crippen LogP contribution in [-0.2, 0) is 11.2 Å². The first kappa shape index (κ1) is 10.4. The largest absolute Gasteiger partial charge is 0.472 e. The summed E-state index contributed by atoms with van der Waals surface area (Å²) in [7, 11) is 0. The van der Waals surface area contributed by atoms with Crippen LogP contribution in [0.5, 0.6) is 0 Å². The third-order valence-corrected chi connectivity index (χ3v) is 4.00. The Morgan fingerprint density at radius 1 is 1.44 bits per heavy atom. The SMILES string of the molecule is OCC1(Cc2ccoc2)CCOC1C1CC1. The molecule has 1 aromatic rings. The molecule has 88 valence electrons. The average Bonchev–Trinajstić information content (AvgIpc) is 2.86. The maximum atomic E-state index is 9.75. The third-order valence-electron chi connectivity index (χ3n) is 4.00. The van der Waals surface area contributed by atoms with Crippen molar-refractivity contribution in [1.29, 1.82) is 0 Å². The number of ether oxygens (including phenoxy) is 1. The van der Waals surface area contributed by atoms with Crippen molar-refractivity contribution in [3.8, 4) is 0 Å². The van der Waals surface area contributed by atoms with Gasteiger partial charge in [0.2, 0.25) is 0 Å². The van der Waals surface area contributed by atoms with E-state index in [-0.39, 0.29) is 18.1 Å². The van der Waals surface area contributed by atoms with E-state index < -0.39 is 0 Å². The summed E-state index contributed by atoms with van der Waals surface area (Å²) in [5.41, 5.74) is 1.11. The monoisotopic (exact) mass is 222 g/mol. The molecule has 3 nitrogen and oxygen atoms in total. The third kappa shape index (κ3) is 1.68. The molecule has 0 bridgehead atoms. The smallest absolute Gasteiger partial charge is 0.0934 e. The predicted molar refractivity (Wildman–Crippen MR) is 59.0 cm³/mol. The van der Waals surface area contributed by atoms with Crippen LogP contribution < -0.4 is 0 Å². The quantitative estimate of drug-likeness (QED) is 0.847. The molecule has 1 saturated carbocycles. The Labute approximate surface area is 95.4 Å². The highest BCUT2D eigenvalue weighted by molar-refractivity contribution is 5.12. The second-order valence-electron chi connectivity index (χ2n) is 5.21. The van der Waals surface area contributed by atoms with Crippen LogP contribution in [0.4, 0.5) is 0 Å². The van der Waals surface area contributed by atoms with Gasteiger partial charge in [-0.1, -0.05) is 0 Å². The van der Waals surface area contributed by atoms with E-state index in [0.29, 0.717) is 5.92 Å². The van der Waals surface area contributed by atoms with Gasteiger partial charge in [0.05, 0.1) is 25.2 Å². The number of aliphatic hydroxyl groups is 1. The molecule has 2 heterocycles. The maximum Gasteiger partial charge on any atom is 0.0934 e. The Bertz CT molecular complexity index is 342. The molecule has 3 rings (SSSR count). The molecule has 2 fully saturated rings. The molecule has 1 saturated heterocycles. The fraction of sp³-hybridized carbons (Fsp3) is 0.692. The second kappa shape index (κ2) is 3.90. The number of aliphatic hydroxyl groups excluding tert-OH is 1. The molecule has 1 aliphatic heterocycles. The van der Waals surface area contributed by atoms with Crippen LogP contribution in [0, 0.1) is 11.3 Å². The second-order valence-corrected chi connectivity index (χ2v) is 5.21. The maximum absolute atomic E-state index is 9.75. The van der Waals surface area contributed by atoms with Crippen LogP contribution >= 0.6 is 0 Å². The fourth-order valence-electron chi connectivity index (χ4n) is 2.96. The molecule has 0 amide bonds. The van der Waals surface area contributed by atoms with Gasteiger partial charge in [0.15, 0.2) is 0 Å². The van der Waals surface area contributed by atoms with Gasteiger partial charge in [0, 0.05) is 12.0 Å². The van der Waals surface area contributed by atoms with E-state index in [9.17, 15) is 5.11 Å². The first-order chi connectivity index (χ1) is 7.84. The predicted octanol–water partition coefficient (Wildman–Crippen LogP) is 2.00. The summed E-state index contributed by atoms with van der Waals surface area (Å²) in [6.45, 7) is 1.01. The first-order valence-electron chi connectivity index (χ1n) is 6.08. The molecule has 0 radical (unpaired) electrons. The van der Waals surface area contributed by atoms with Crippen LogP contribution in [0.15, 0.2) is 23.0 Å². The molecule has 1 N–H and O–H groups in total. The van der Waals surface area contributed by atoms with Crippen molar-refractivity contribution < 1.29 is 14.3 Å². The highest BCUT2D eigenvalue weighted by Crippen LogP contribution is 2.49. The minimum Gasteiger partial charge on any atom is -0.472 e. The summed E-state index contributed by atoms with van der Waals surface area (Å²) < 4.78 is 10.9. The summed E-state index contributed by atoms with van der Waals surface area (Å²) >= 11 is 0. The van der Waals surface area contributed by atoms with Crippen molar-refractivity contribution in [3.05, 3.63) is 24.2 Å². The zero-order valence-corrected chi connectivity index (χ0v) is 9.39. The lowest BCUT2D eigenvalue weighted by atomic mass is 9.75. The molecule has 16 heavy (non-hydrogen) atoms. The van der Waals surface area contributed by atoms with Crippen LogP contribution in [-0.4, -0.2) is 24.4 Å². The summed E-state index contributed by atoms with van der Waals surface area (Å²) in [5.74, 6) is 0.682. The van der Waals surface area contributed by atoms with Gasteiger partial charge < -0.3 is 14.3 Å². The van der Waals surface area contributed by atoms with Crippen molar-refractivity contribution in [1.82, 2.24) is 0 Å². The molecule has 1 aromatic heterocycles. The Balaban J connectivity index is 1.80. The molecule has 2 aliphatic rings. The van der Waals surface area contributed by atoms with E-state index in [0.717, 1.165) is 19.4 Å². The molecule has 2 unspecified atom stereocenters. The van der Waals surface area contributed by atoms with Gasteiger partial charge in [0.1, 0.15) is 0 Å². The first-order valence-corrected chi connectivity index (χ1v) is 6.08. The minimum absolute atomic E-state index is 0.0644. The Morgan fingerprint density at radius 2 is 2.31 bits per heavy atom. The zero-order chi connectivity index (χ0) is 11.0. The van der Waals surface area contributed by atoms with E-state index in [1.54, 1.807) is 12.5 Å². The number of furan rings is 1. The van der Waals surface area contributed by atoms with Crippen LogP contribution in [0.2, 0.25) is 0 Å². The topological polar surface area (TPSA) is 42.6 Å². The summed E-state index contributed by atoms with van der Waals surface area (Å²) in [5, 5.41) is 9.75. The van der Waals surface area contributed by atoms with Crippen molar-refractivity contribution >= 4 is 0 Å². The van der Waals surface area contributed by atoms with Crippen molar-refractivity contribution in [2.75, 3.05) is 13.2 Å². The van der Waals surface area contributed by atoms with Crippen molar-refractivity contribution in [3.63, 3.8) is 0 Å². The van der Waals surface area contributed by atoms with Gasteiger partial charge in [-0.2, -0.15) is 0 Å². The summed E-state index contributed by atoms with van der Waals surface area (Å²) in [4.78, 5) is 0. The summed E-state index contributed by atoms with van der Waals surface area (Å²) in [6.07, 6.45) is 8.10. The molecular weight excluding hydrogens is 204 g/mol. The van der Waals surface area contributed by atoms with Crippen LogP contribution in [0.3, 0.4) is 0 Å². The van der Waals surface area contributed by atoms with E-state index in [1.165, 1.54) is 18.4 Å². The lowest BCUT2D eigenvalue weighted by Crippen LogP contribution is -2.38. The number of hydrogen-bond donors (Lipinski definition) is 1. The Kier molecular flexibility index (Phi) is 2.52. The van der Waals surface area contributed by atoms with E-state index in [2.05, 4.69) is 0 Å². The molecule has 3 heteroatoms. The summed E-state index contributed by atoms with van der Waals surface area (Å²) in [6, 6.07) is 1.99. The standard InChI is InChI=1S/C13H18O3/c14-9-13(7-10-3-5-15-8-10)4-6-16-12(13)11-1-2-11/h3,5,8,11-12,14H,1-2,4,6-7,9H2. The van der Waals surface area contributed by atoms with Crippen LogP contribution in [0.1, 0.15) is 24.8 Å². The lowest BCUT2D eigenvalue weighted by Gasteiger charge is -2.32. The highest BCUT2D eigenvalue weighted by atomic mass is 16.5. The zero-order valence-electron chi connectivity index (χ0n) is 9.39. The Morgan fingerprint density at radius 3 is 2.94 bits per heavy atom. The van der Waals surface area contributed by atoms with Crippen molar-refractivity contribution in [2.24, 2.45) is 11.3 Å². The van der Waals surface area contributed by atoms with Gasteiger partial charge in [-0.25, -0.2) is 0 Å². The van der Waals surface area contributed by atoms with Gasteiger partial charge in [-0.3, -0.25) is 0 Å². The average molecular weight is 222 g/mol. The molecule has 2 atom stereocenters. The van der Waals surface area contributed by atoms with E-state index in [4.69, 9.17) is 9.15 Å². The van der Waals surface area contributed by atoms with Crippen molar-refractivity contribution in [2.45, 2.75) is 31.8 Å². The number of rotatable bonds is 4. The molecule has 1 aliphatic carbocycles. The van der Waals surface area contributed by atoms with Gasteiger partial charge in [-0.05, 0) is 43.2 Å². The van der Waals surface area contributed by atoms with Gasteiger partial charge >= 0.3 is 0 Å². The normalized spacial score (nSPS) is 34.4. The Hall–Kier alpha value is -0.800. The minimum atomic E-state index is -0.0644. The highest BCUT2D eigenvalue weighted by Gasteiger charge is 2.50. The van der Waals surface area contributed by atoms with E-state index >= 15 is 0 Å². The number of hydrogen-bond acceptors (Lipinski definition) is 3. The molecule has 0 spiro atoms. The molecular formula is C13H18O3. The fourth-order valence-corrected chi connectivity index (χ4v) is 2.96.